The molecular weight excluding hydrogens is 452 g/mol. The van der Waals surface area contributed by atoms with Crippen LogP contribution in [0.3, 0.4) is 0 Å². The molecule has 1 atom stereocenters. The molecule has 2 aromatic carbocycles. The van der Waals surface area contributed by atoms with Crippen LogP contribution in [0.15, 0.2) is 66.0 Å². The third-order valence-electron chi connectivity index (χ3n) is 5.60. The van der Waals surface area contributed by atoms with Gasteiger partial charge in [-0.2, -0.15) is 0 Å². The summed E-state index contributed by atoms with van der Waals surface area (Å²) in [4.78, 5) is 54.7. The lowest BCUT2D eigenvalue weighted by Gasteiger charge is -2.27. The Labute approximate surface area is 201 Å². The minimum Gasteiger partial charge on any atom is -0.462 e. The number of thiophene rings is 1. The van der Waals surface area contributed by atoms with E-state index in [0.717, 1.165) is 16.0 Å². The number of benzene rings is 2. The van der Waals surface area contributed by atoms with E-state index >= 15 is 0 Å². The first-order valence-electron chi connectivity index (χ1n) is 10.9. The van der Waals surface area contributed by atoms with Gasteiger partial charge in [-0.05, 0) is 55.1 Å². The molecule has 1 saturated heterocycles. The van der Waals surface area contributed by atoms with Gasteiger partial charge in [0.15, 0.2) is 0 Å². The Morgan fingerprint density at radius 3 is 2.38 bits per heavy atom. The van der Waals surface area contributed by atoms with Crippen LogP contribution in [-0.4, -0.2) is 41.2 Å². The number of nitrogens with zero attached hydrogens (tertiary/aromatic N) is 2. The van der Waals surface area contributed by atoms with Crippen LogP contribution in [0.2, 0.25) is 0 Å². The van der Waals surface area contributed by atoms with E-state index < -0.39 is 23.8 Å². The van der Waals surface area contributed by atoms with Gasteiger partial charge in [-0.25, -0.2) is 9.69 Å². The Kier molecular flexibility index (Phi) is 6.88. The van der Waals surface area contributed by atoms with Gasteiger partial charge in [-0.1, -0.05) is 35.9 Å². The largest absolute Gasteiger partial charge is 0.462 e. The number of aryl methyl sites for hydroxylation is 1. The smallest absolute Gasteiger partial charge is 0.338 e. The molecule has 1 aliphatic rings. The number of carbonyl (C=O) groups is 4. The molecule has 4 rings (SSSR count). The summed E-state index contributed by atoms with van der Waals surface area (Å²) in [6.07, 6.45) is -0.110. The van der Waals surface area contributed by atoms with Crippen LogP contribution in [0, 0.1) is 6.92 Å². The monoisotopic (exact) mass is 476 g/mol. The lowest BCUT2D eigenvalue weighted by molar-refractivity contribution is -0.122. The molecule has 1 unspecified atom stereocenters. The molecule has 174 valence electrons. The highest BCUT2D eigenvalue weighted by Gasteiger charge is 2.44. The van der Waals surface area contributed by atoms with Crippen LogP contribution < -0.4 is 4.90 Å². The van der Waals surface area contributed by atoms with Gasteiger partial charge in [0.25, 0.3) is 11.8 Å². The summed E-state index contributed by atoms with van der Waals surface area (Å²) in [7, 11) is 0. The maximum Gasteiger partial charge on any atom is 0.338 e. The van der Waals surface area contributed by atoms with Gasteiger partial charge in [-0.3, -0.25) is 14.4 Å². The SMILES string of the molecule is CCOC(=O)c1ccc(N2C(=O)CC(N(Cc3ccc(C)cc3)C(=O)c3cccs3)C2=O)cc1. The van der Waals surface area contributed by atoms with Crippen molar-refractivity contribution in [3.8, 4) is 0 Å². The summed E-state index contributed by atoms with van der Waals surface area (Å²) >= 11 is 1.29. The molecule has 1 fully saturated rings. The molecule has 0 N–H and O–H groups in total. The van der Waals surface area contributed by atoms with E-state index in [1.165, 1.54) is 40.5 Å². The summed E-state index contributed by atoms with van der Waals surface area (Å²) in [6, 6.07) is 16.4. The van der Waals surface area contributed by atoms with E-state index in [2.05, 4.69) is 0 Å². The number of hydrogen-bond donors (Lipinski definition) is 0. The van der Waals surface area contributed by atoms with Crippen LogP contribution in [0.5, 0.6) is 0 Å². The number of esters is 1. The van der Waals surface area contributed by atoms with E-state index in [4.69, 9.17) is 4.74 Å². The lowest BCUT2D eigenvalue weighted by atomic mass is 10.1. The molecule has 0 saturated carbocycles. The molecule has 1 aromatic heterocycles. The molecule has 0 spiro atoms. The summed E-state index contributed by atoms with van der Waals surface area (Å²) in [5.41, 5.74) is 2.64. The number of carbonyl (C=O) groups excluding carboxylic acids is 4. The molecule has 3 amide bonds. The maximum absolute atomic E-state index is 13.4. The zero-order chi connectivity index (χ0) is 24.2. The van der Waals surface area contributed by atoms with Crippen molar-refractivity contribution in [2.45, 2.75) is 32.9 Å². The Bertz CT molecular complexity index is 1200. The molecule has 7 nitrogen and oxygen atoms in total. The fourth-order valence-corrected chi connectivity index (χ4v) is 4.53. The molecule has 0 bridgehead atoms. The lowest BCUT2D eigenvalue weighted by Crippen LogP contribution is -2.44. The normalized spacial score (nSPS) is 15.5. The van der Waals surface area contributed by atoms with Gasteiger partial charge in [0.2, 0.25) is 5.91 Å². The van der Waals surface area contributed by atoms with Crippen molar-refractivity contribution < 1.29 is 23.9 Å². The second-order valence-corrected chi connectivity index (χ2v) is 8.90. The summed E-state index contributed by atoms with van der Waals surface area (Å²) < 4.78 is 4.98. The zero-order valence-corrected chi connectivity index (χ0v) is 19.7. The van der Waals surface area contributed by atoms with Gasteiger partial charge >= 0.3 is 5.97 Å². The quantitative estimate of drug-likeness (QED) is 0.377. The Morgan fingerprint density at radius 2 is 1.76 bits per heavy atom. The van der Waals surface area contributed by atoms with Crippen molar-refractivity contribution >= 4 is 40.7 Å². The van der Waals surface area contributed by atoms with Crippen molar-refractivity contribution in [1.29, 1.82) is 0 Å². The number of amides is 3. The van der Waals surface area contributed by atoms with E-state index in [0.29, 0.717) is 16.1 Å². The molecular formula is C26H24N2O5S. The van der Waals surface area contributed by atoms with Crippen LogP contribution in [-0.2, 0) is 20.9 Å². The highest BCUT2D eigenvalue weighted by Crippen LogP contribution is 2.29. The molecule has 8 heteroatoms. The van der Waals surface area contributed by atoms with E-state index in [1.54, 1.807) is 24.4 Å². The Balaban J connectivity index is 1.61. The predicted octanol–water partition coefficient (Wildman–Crippen LogP) is 4.21. The predicted molar refractivity (Wildman–Crippen MR) is 129 cm³/mol. The fourth-order valence-electron chi connectivity index (χ4n) is 3.85. The highest BCUT2D eigenvalue weighted by molar-refractivity contribution is 7.12. The molecule has 3 aromatic rings. The van der Waals surface area contributed by atoms with Crippen LogP contribution >= 0.6 is 11.3 Å². The molecule has 0 aliphatic carbocycles. The highest BCUT2D eigenvalue weighted by atomic mass is 32.1. The zero-order valence-electron chi connectivity index (χ0n) is 18.9. The third kappa shape index (κ3) is 4.77. The fraction of sp³-hybridized carbons (Fsp3) is 0.231. The van der Waals surface area contributed by atoms with E-state index in [1.807, 2.05) is 31.2 Å². The summed E-state index contributed by atoms with van der Waals surface area (Å²) in [5, 5.41) is 1.80. The van der Waals surface area contributed by atoms with E-state index in [9.17, 15) is 19.2 Å². The van der Waals surface area contributed by atoms with Gasteiger partial charge in [0.1, 0.15) is 6.04 Å². The van der Waals surface area contributed by atoms with Gasteiger partial charge < -0.3 is 9.64 Å². The maximum atomic E-state index is 13.4. The number of ether oxygens (including phenoxy) is 1. The van der Waals surface area contributed by atoms with Crippen LogP contribution in [0.1, 0.15) is 44.5 Å². The molecule has 2 heterocycles. The first-order chi connectivity index (χ1) is 16.4. The topological polar surface area (TPSA) is 84.0 Å². The molecule has 1 aliphatic heterocycles. The average Bonchev–Trinajstić information content (AvgIpc) is 3.47. The first kappa shape index (κ1) is 23.4. The summed E-state index contributed by atoms with van der Waals surface area (Å²) in [6.45, 7) is 4.15. The number of imide groups is 1. The molecule has 0 radical (unpaired) electrons. The minimum absolute atomic E-state index is 0.110. The summed E-state index contributed by atoms with van der Waals surface area (Å²) in [5.74, 6) is -1.63. The second kappa shape index (κ2) is 10.0. The number of anilines is 1. The third-order valence-corrected chi connectivity index (χ3v) is 6.46. The van der Waals surface area contributed by atoms with Crippen molar-refractivity contribution in [1.82, 2.24) is 4.90 Å². The average molecular weight is 477 g/mol. The van der Waals surface area contributed by atoms with Crippen LogP contribution in [0.4, 0.5) is 5.69 Å². The minimum atomic E-state index is -0.923. The van der Waals surface area contributed by atoms with Crippen molar-refractivity contribution in [3.05, 3.63) is 87.6 Å². The van der Waals surface area contributed by atoms with Crippen molar-refractivity contribution in [2.24, 2.45) is 0 Å². The van der Waals surface area contributed by atoms with Crippen LogP contribution in [0.25, 0.3) is 0 Å². The standard InChI is InChI=1S/C26H24N2O5S/c1-3-33-26(32)19-10-12-20(13-11-19)28-23(29)15-21(24(28)30)27(25(31)22-5-4-14-34-22)16-18-8-6-17(2)7-9-18/h4-14,21H,3,15-16H2,1-2H3. The molecule has 34 heavy (non-hydrogen) atoms. The van der Waals surface area contributed by atoms with Crippen molar-refractivity contribution in [2.75, 3.05) is 11.5 Å². The second-order valence-electron chi connectivity index (χ2n) is 7.95. The number of hydrogen-bond acceptors (Lipinski definition) is 6. The van der Waals surface area contributed by atoms with E-state index in [-0.39, 0.29) is 25.5 Å². The Morgan fingerprint density at radius 1 is 1.06 bits per heavy atom. The first-order valence-corrected chi connectivity index (χ1v) is 11.8. The Hall–Kier alpha value is -3.78. The number of rotatable bonds is 7. The van der Waals surface area contributed by atoms with Gasteiger partial charge in [0, 0.05) is 6.54 Å². The van der Waals surface area contributed by atoms with Gasteiger partial charge in [-0.15, -0.1) is 11.3 Å². The van der Waals surface area contributed by atoms with Crippen molar-refractivity contribution in [3.63, 3.8) is 0 Å². The van der Waals surface area contributed by atoms with Gasteiger partial charge in [0.05, 0.1) is 29.2 Å².